The van der Waals surface area contributed by atoms with E-state index < -0.39 is 15.7 Å². The molecule has 1 saturated carbocycles. The predicted octanol–water partition coefficient (Wildman–Crippen LogP) is 4.01. The Bertz CT molecular complexity index is 765. The third-order valence-electron chi connectivity index (χ3n) is 6.27. The van der Waals surface area contributed by atoms with Crippen LogP contribution in [0.25, 0.3) is 0 Å². The average molecular weight is 362 g/mol. The van der Waals surface area contributed by atoms with E-state index in [0.29, 0.717) is 11.4 Å². The summed E-state index contributed by atoms with van der Waals surface area (Å²) >= 11 is 0. The van der Waals surface area contributed by atoms with Crippen molar-refractivity contribution in [3.8, 4) is 0 Å². The number of sulfonamides is 1. The molecule has 25 heavy (non-hydrogen) atoms. The molecule has 5 heteroatoms. The highest BCUT2D eigenvalue weighted by Crippen LogP contribution is 2.66. The molecule has 4 nitrogen and oxygen atoms in total. The molecule has 1 aliphatic carbocycles. The van der Waals surface area contributed by atoms with Crippen LogP contribution in [-0.2, 0) is 14.8 Å². The van der Waals surface area contributed by atoms with E-state index in [1.807, 2.05) is 25.1 Å². The van der Waals surface area contributed by atoms with Gasteiger partial charge in [-0.25, -0.2) is 8.42 Å². The van der Waals surface area contributed by atoms with Gasteiger partial charge in [-0.3, -0.25) is 0 Å². The van der Waals surface area contributed by atoms with Crippen LogP contribution in [0.3, 0.4) is 0 Å². The second kappa shape index (κ2) is 5.93. The van der Waals surface area contributed by atoms with E-state index >= 15 is 0 Å². The highest BCUT2D eigenvalue weighted by atomic mass is 32.2. The molecule has 136 valence electrons. The van der Waals surface area contributed by atoms with E-state index in [1.54, 1.807) is 16.4 Å². The molecule has 2 heterocycles. The van der Waals surface area contributed by atoms with Gasteiger partial charge in [0.2, 0.25) is 10.0 Å². The Labute approximate surface area is 150 Å². The van der Waals surface area contributed by atoms with Crippen LogP contribution in [0.5, 0.6) is 0 Å². The van der Waals surface area contributed by atoms with Crippen molar-refractivity contribution >= 4 is 10.0 Å². The van der Waals surface area contributed by atoms with Crippen LogP contribution in [0.4, 0.5) is 0 Å². The van der Waals surface area contributed by atoms with Crippen molar-refractivity contribution in [2.75, 3.05) is 6.54 Å². The van der Waals surface area contributed by atoms with Gasteiger partial charge in [0.05, 0.1) is 4.90 Å². The summed E-state index contributed by atoms with van der Waals surface area (Å²) in [6.07, 6.45) is 8.81. The first-order valence-corrected chi connectivity index (χ1v) is 10.8. The minimum absolute atomic E-state index is 0.206. The summed E-state index contributed by atoms with van der Waals surface area (Å²) in [6.45, 7) is 6.41. The van der Waals surface area contributed by atoms with Crippen molar-refractivity contribution < 1.29 is 13.2 Å². The number of hydrogen-bond donors (Lipinski definition) is 0. The molecule has 1 aromatic rings. The number of ether oxygens (including phenoxy) is 1. The molecule has 2 aliphatic heterocycles. The molecule has 4 rings (SSSR count). The summed E-state index contributed by atoms with van der Waals surface area (Å²) in [7, 11) is -3.56. The Morgan fingerprint density at radius 3 is 2.56 bits per heavy atom. The minimum Gasteiger partial charge on any atom is -0.345 e. The van der Waals surface area contributed by atoms with Crippen LogP contribution in [0.15, 0.2) is 41.8 Å². The third-order valence-corrected chi connectivity index (χ3v) is 8.17. The first kappa shape index (κ1) is 17.3. The number of benzene rings is 1. The summed E-state index contributed by atoms with van der Waals surface area (Å²) in [4.78, 5) is 0.375. The number of fused-ring (bicyclic) bond motifs is 1. The second-order valence-electron chi connectivity index (χ2n) is 7.75. The van der Waals surface area contributed by atoms with Crippen molar-refractivity contribution in [1.82, 2.24) is 4.31 Å². The number of rotatable bonds is 4. The van der Waals surface area contributed by atoms with Gasteiger partial charge >= 0.3 is 0 Å². The van der Waals surface area contributed by atoms with Gasteiger partial charge in [-0.15, -0.1) is 6.58 Å². The fraction of sp³-hybridized carbons (Fsp3) is 0.600. The molecule has 0 N–H and O–H groups in total. The van der Waals surface area contributed by atoms with Gasteiger partial charge in [-0.1, -0.05) is 36.6 Å². The zero-order valence-electron chi connectivity index (χ0n) is 14.9. The molecule has 2 saturated heterocycles. The van der Waals surface area contributed by atoms with Gasteiger partial charge in [0.15, 0.2) is 5.72 Å². The predicted molar refractivity (Wildman–Crippen MR) is 97.6 cm³/mol. The quantitative estimate of drug-likeness (QED) is 0.601. The molecular weight excluding hydrogens is 334 g/mol. The molecule has 1 aromatic carbocycles. The molecule has 0 amide bonds. The van der Waals surface area contributed by atoms with Crippen molar-refractivity contribution in [1.29, 1.82) is 0 Å². The topological polar surface area (TPSA) is 49.9 Å². The van der Waals surface area contributed by atoms with Crippen LogP contribution in [0.2, 0.25) is 0 Å². The first-order chi connectivity index (χ1) is 12.0. The monoisotopic (exact) mass is 361 g/mol. The van der Waals surface area contributed by atoms with E-state index in [2.05, 4.69) is 6.58 Å². The summed E-state index contributed by atoms with van der Waals surface area (Å²) in [5.41, 5.74) is 0.144. The van der Waals surface area contributed by atoms with E-state index in [-0.39, 0.29) is 11.5 Å². The van der Waals surface area contributed by atoms with Crippen LogP contribution in [-0.4, -0.2) is 30.6 Å². The van der Waals surface area contributed by atoms with E-state index in [0.717, 1.165) is 50.5 Å². The van der Waals surface area contributed by atoms with Gasteiger partial charge in [0, 0.05) is 12.5 Å². The number of allylic oxidation sites excluding steroid dienone is 1. The normalized spacial score (nSPS) is 31.5. The van der Waals surface area contributed by atoms with Gasteiger partial charge in [-0.2, -0.15) is 4.31 Å². The van der Waals surface area contributed by atoms with Crippen molar-refractivity contribution in [3.63, 3.8) is 0 Å². The Hall–Kier alpha value is -1.17. The highest BCUT2D eigenvalue weighted by Gasteiger charge is 2.78. The van der Waals surface area contributed by atoms with Crippen molar-refractivity contribution in [3.05, 3.63) is 42.5 Å². The lowest BCUT2D eigenvalue weighted by Crippen LogP contribution is -2.54. The maximum Gasteiger partial charge on any atom is 0.245 e. The molecule has 0 unspecified atom stereocenters. The number of nitrogens with zero attached hydrogens (tertiary/aromatic N) is 1. The maximum atomic E-state index is 13.5. The van der Waals surface area contributed by atoms with Crippen LogP contribution in [0, 0.1) is 12.8 Å². The van der Waals surface area contributed by atoms with E-state index in [1.165, 1.54) is 0 Å². The molecule has 2 spiro atoms. The van der Waals surface area contributed by atoms with Crippen LogP contribution >= 0.6 is 0 Å². The second-order valence-corrected chi connectivity index (χ2v) is 9.62. The first-order valence-electron chi connectivity index (χ1n) is 9.37. The fourth-order valence-electron chi connectivity index (χ4n) is 5.07. The average Bonchev–Trinajstić information content (AvgIpc) is 2.96. The molecular formula is C20H27NO3S. The van der Waals surface area contributed by atoms with Gasteiger partial charge in [-0.05, 0) is 51.2 Å². The molecule has 0 bridgehead atoms. The number of piperidine rings is 1. The summed E-state index contributed by atoms with van der Waals surface area (Å²) in [5.74, 6) is 0.206. The standard InChI is InChI=1S/C20H27NO3S/c1-3-7-17-8-6-15-21(20(17)19(24-20)13-4-5-14-19)25(22,23)18-11-9-16(2)10-12-18/h3,9-12,17H,1,4-8,13-15H2,2H3/t17-,20-/m0/s1. The number of hydrogen-bond acceptors (Lipinski definition) is 3. The summed E-state index contributed by atoms with van der Waals surface area (Å²) in [6, 6.07) is 7.17. The van der Waals surface area contributed by atoms with E-state index in [4.69, 9.17) is 4.74 Å². The molecule has 3 fully saturated rings. The molecule has 0 radical (unpaired) electrons. The smallest absolute Gasteiger partial charge is 0.245 e. The lowest BCUT2D eigenvalue weighted by atomic mass is 9.80. The summed E-state index contributed by atoms with van der Waals surface area (Å²) in [5, 5.41) is 0. The fourth-order valence-corrected chi connectivity index (χ4v) is 6.89. The third kappa shape index (κ3) is 2.43. The Balaban J connectivity index is 1.76. The molecule has 2 atom stereocenters. The van der Waals surface area contributed by atoms with Crippen molar-refractivity contribution in [2.24, 2.45) is 5.92 Å². The van der Waals surface area contributed by atoms with Crippen LogP contribution in [0.1, 0.15) is 50.5 Å². The Morgan fingerprint density at radius 1 is 1.24 bits per heavy atom. The van der Waals surface area contributed by atoms with Gasteiger partial charge in [0.25, 0.3) is 0 Å². The lowest BCUT2D eigenvalue weighted by Gasteiger charge is -2.40. The highest BCUT2D eigenvalue weighted by molar-refractivity contribution is 7.89. The lowest BCUT2D eigenvalue weighted by molar-refractivity contribution is 0.0562. The zero-order chi connectivity index (χ0) is 17.7. The van der Waals surface area contributed by atoms with E-state index in [9.17, 15) is 8.42 Å². The largest absolute Gasteiger partial charge is 0.345 e. The molecule has 3 aliphatic rings. The molecule has 0 aromatic heterocycles. The number of aryl methyl sites for hydroxylation is 1. The summed E-state index contributed by atoms with van der Waals surface area (Å²) < 4.78 is 35.0. The maximum absolute atomic E-state index is 13.5. The SMILES string of the molecule is C=CC[C@H]1CCCN(S(=O)(=O)c2ccc(C)cc2)[C@]12OC21CCCC1. The Kier molecular flexibility index (Phi) is 4.09. The van der Waals surface area contributed by atoms with Gasteiger partial charge < -0.3 is 4.74 Å². The Morgan fingerprint density at radius 2 is 1.92 bits per heavy atom. The van der Waals surface area contributed by atoms with Gasteiger partial charge in [0.1, 0.15) is 5.60 Å². The zero-order valence-corrected chi connectivity index (χ0v) is 15.7. The number of epoxide rings is 1. The van der Waals surface area contributed by atoms with Crippen LogP contribution < -0.4 is 0 Å². The minimum atomic E-state index is -3.56. The van der Waals surface area contributed by atoms with Crippen molar-refractivity contribution in [2.45, 2.75) is 68.1 Å².